The van der Waals surface area contributed by atoms with Crippen LogP contribution in [-0.4, -0.2) is 50.3 Å². The van der Waals surface area contributed by atoms with Gasteiger partial charge in [0.05, 0.1) is 37.6 Å². The van der Waals surface area contributed by atoms with Crippen LogP contribution in [0, 0.1) is 11.6 Å². The van der Waals surface area contributed by atoms with Gasteiger partial charge in [-0.2, -0.15) is 0 Å². The lowest BCUT2D eigenvalue weighted by Crippen LogP contribution is -2.12. The number of hydrogen-bond acceptors (Lipinski definition) is 10. The first-order valence-corrected chi connectivity index (χ1v) is 22.2. The summed E-state index contributed by atoms with van der Waals surface area (Å²) >= 11 is 0. The summed E-state index contributed by atoms with van der Waals surface area (Å²) in [6.07, 6.45) is 24.1. The van der Waals surface area contributed by atoms with Crippen molar-refractivity contribution in [2.75, 3.05) is 26.4 Å². The highest BCUT2D eigenvalue weighted by molar-refractivity contribution is 5.92. The fraction of sp³-hybridized carbons (Fsp3) is 0.480. The Morgan fingerprint density at radius 1 is 0.419 bits per heavy atom. The molecule has 0 aliphatic heterocycles. The molecular weight excluding hydrogens is 799 g/mol. The van der Waals surface area contributed by atoms with E-state index >= 15 is 0 Å². The van der Waals surface area contributed by atoms with Gasteiger partial charge in [0, 0.05) is 24.3 Å². The number of hydrogen-bond donors (Lipinski definition) is 0. The maximum atomic E-state index is 14.9. The molecule has 0 aromatic heterocycles. The standard InChI is InChI=1S/C50H64F2O10/c1-3-46(53)59-35-23-19-15-11-7-5-9-13-17-21-33-57-41-29-25-39(26-30-41)49(55)61-43-37-44(51)48(45(52)38-43)62-50(56)40-27-31-42(32-28-40)58-34-22-18-14-10-6-8-12-16-20-24-36-60-47(54)4-2/h3-4,25-32,37-38H,1-2,5-24,33-36H2. The van der Waals surface area contributed by atoms with Gasteiger partial charge in [0.2, 0.25) is 5.75 Å². The zero-order chi connectivity index (χ0) is 44.6. The van der Waals surface area contributed by atoms with Crippen LogP contribution in [0.15, 0.2) is 86.0 Å². The largest absolute Gasteiger partial charge is 0.494 e. The second-order valence-corrected chi connectivity index (χ2v) is 15.1. The third-order valence-corrected chi connectivity index (χ3v) is 9.99. The molecule has 0 radical (unpaired) electrons. The molecule has 338 valence electrons. The Morgan fingerprint density at radius 3 is 1.06 bits per heavy atom. The minimum absolute atomic E-state index is 0.0768. The van der Waals surface area contributed by atoms with Crippen molar-refractivity contribution < 1.29 is 56.4 Å². The molecule has 0 saturated carbocycles. The van der Waals surface area contributed by atoms with Gasteiger partial charge >= 0.3 is 23.9 Å². The molecule has 0 bridgehead atoms. The first-order valence-electron chi connectivity index (χ1n) is 22.2. The minimum Gasteiger partial charge on any atom is -0.494 e. The molecule has 0 amide bonds. The molecule has 3 aromatic carbocycles. The van der Waals surface area contributed by atoms with Crippen LogP contribution < -0.4 is 18.9 Å². The first-order chi connectivity index (χ1) is 30.2. The normalized spacial score (nSPS) is 10.7. The van der Waals surface area contributed by atoms with Crippen LogP contribution >= 0.6 is 0 Å². The number of esters is 4. The van der Waals surface area contributed by atoms with E-state index in [9.17, 15) is 28.0 Å². The Kier molecular flexibility index (Phi) is 25.7. The zero-order valence-corrected chi connectivity index (χ0v) is 36.2. The smallest absolute Gasteiger partial charge is 0.343 e. The van der Waals surface area contributed by atoms with E-state index in [0.29, 0.717) is 37.9 Å². The average molecular weight is 863 g/mol. The number of ether oxygens (including phenoxy) is 6. The van der Waals surface area contributed by atoms with Gasteiger partial charge in [-0.25, -0.2) is 28.0 Å². The SMILES string of the molecule is C=CC(=O)OCCCCCCCCCCCCOc1ccc(C(=O)Oc2cc(F)c(OC(=O)c3ccc(OCCCCCCCCCCCCOC(=O)C=C)cc3)c(F)c2)cc1. The fourth-order valence-electron chi connectivity index (χ4n) is 6.47. The van der Waals surface area contributed by atoms with Crippen molar-refractivity contribution in [1.29, 1.82) is 0 Å². The van der Waals surface area contributed by atoms with Crippen LogP contribution in [0.3, 0.4) is 0 Å². The second kappa shape index (κ2) is 31.3. The van der Waals surface area contributed by atoms with E-state index in [1.807, 2.05) is 0 Å². The lowest BCUT2D eigenvalue weighted by atomic mass is 10.1. The molecule has 62 heavy (non-hydrogen) atoms. The molecule has 0 saturated heterocycles. The van der Waals surface area contributed by atoms with Crippen LogP contribution in [0.4, 0.5) is 8.78 Å². The quantitative estimate of drug-likeness (QED) is 0.0248. The van der Waals surface area contributed by atoms with Crippen LogP contribution in [0.2, 0.25) is 0 Å². The first kappa shape index (κ1) is 50.8. The highest BCUT2D eigenvalue weighted by Gasteiger charge is 2.20. The van der Waals surface area contributed by atoms with Crippen molar-refractivity contribution in [2.24, 2.45) is 0 Å². The summed E-state index contributed by atoms with van der Waals surface area (Å²) in [7, 11) is 0. The van der Waals surface area contributed by atoms with E-state index in [2.05, 4.69) is 13.2 Å². The van der Waals surface area contributed by atoms with Gasteiger partial charge < -0.3 is 28.4 Å². The van der Waals surface area contributed by atoms with E-state index in [-0.39, 0.29) is 28.8 Å². The van der Waals surface area contributed by atoms with Crippen molar-refractivity contribution >= 4 is 23.9 Å². The molecule has 0 spiro atoms. The number of halogens is 2. The van der Waals surface area contributed by atoms with Crippen LogP contribution in [0.5, 0.6) is 23.0 Å². The van der Waals surface area contributed by atoms with Gasteiger partial charge in [0.1, 0.15) is 17.2 Å². The fourth-order valence-corrected chi connectivity index (χ4v) is 6.47. The highest BCUT2D eigenvalue weighted by atomic mass is 19.1. The number of carbonyl (C=O) groups is 4. The van der Waals surface area contributed by atoms with E-state index in [1.165, 1.54) is 87.8 Å². The van der Waals surface area contributed by atoms with Crippen molar-refractivity contribution in [3.8, 4) is 23.0 Å². The summed E-state index contributed by atoms with van der Waals surface area (Å²) in [5.41, 5.74) is 0.239. The predicted molar refractivity (Wildman–Crippen MR) is 235 cm³/mol. The Hall–Kier alpha value is -5.52. The maximum absolute atomic E-state index is 14.9. The van der Waals surface area contributed by atoms with E-state index in [4.69, 9.17) is 28.4 Å². The third kappa shape index (κ3) is 21.8. The van der Waals surface area contributed by atoms with Crippen LogP contribution in [-0.2, 0) is 19.1 Å². The van der Waals surface area contributed by atoms with Gasteiger partial charge in [-0.1, -0.05) is 116 Å². The van der Waals surface area contributed by atoms with Gasteiger partial charge in [-0.3, -0.25) is 0 Å². The molecule has 0 aliphatic carbocycles. The number of rotatable bonds is 34. The van der Waals surface area contributed by atoms with Crippen LogP contribution in [0.1, 0.15) is 149 Å². The molecule has 3 rings (SSSR count). The Labute approximate surface area is 366 Å². The van der Waals surface area contributed by atoms with Crippen molar-refractivity contribution in [2.45, 2.75) is 128 Å². The van der Waals surface area contributed by atoms with Gasteiger partial charge in [-0.05, 0) is 74.2 Å². The average Bonchev–Trinajstić information content (AvgIpc) is 3.27. The van der Waals surface area contributed by atoms with Crippen LogP contribution in [0.25, 0.3) is 0 Å². The molecule has 0 heterocycles. The summed E-state index contributed by atoms with van der Waals surface area (Å²) in [4.78, 5) is 47.4. The molecule has 0 aliphatic rings. The van der Waals surface area contributed by atoms with E-state index < -0.39 is 29.3 Å². The topological polar surface area (TPSA) is 124 Å². The van der Waals surface area contributed by atoms with E-state index in [1.54, 1.807) is 24.3 Å². The number of carbonyl (C=O) groups excluding carboxylic acids is 4. The Balaban J connectivity index is 1.25. The molecule has 12 heteroatoms. The van der Waals surface area contributed by atoms with Gasteiger partial charge in [0.15, 0.2) is 11.6 Å². The van der Waals surface area contributed by atoms with E-state index in [0.717, 1.165) is 89.2 Å². The lowest BCUT2D eigenvalue weighted by molar-refractivity contribution is -0.138. The molecule has 3 aromatic rings. The summed E-state index contributed by atoms with van der Waals surface area (Å²) < 4.78 is 61.6. The van der Waals surface area contributed by atoms with Gasteiger partial charge in [0.25, 0.3) is 0 Å². The monoisotopic (exact) mass is 862 g/mol. The molecule has 0 unspecified atom stereocenters. The van der Waals surface area contributed by atoms with Crippen molar-refractivity contribution in [3.63, 3.8) is 0 Å². The minimum atomic E-state index is -1.21. The summed E-state index contributed by atoms with van der Waals surface area (Å²) in [6, 6.07) is 14.0. The Morgan fingerprint density at radius 2 is 0.726 bits per heavy atom. The highest BCUT2D eigenvalue weighted by Crippen LogP contribution is 2.29. The third-order valence-electron chi connectivity index (χ3n) is 9.99. The zero-order valence-electron chi connectivity index (χ0n) is 36.2. The van der Waals surface area contributed by atoms with Gasteiger partial charge in [-0.15, -0.1) is 0 Å². The maximum Gasteiger partial charge on any atom is 0.343 e. The number of benzene rings is 3. The van der Waals surface area contributed by atoms with Crippen molar-refractivity contribution in [3.05, 3.63) is 109 Å². The summed E-state index contributed by atoms with van der Waals surface area (Å²) in [5.74, 6) is -5.07. The molecule has 0 atom stereocenters. The number of unbranched alkanes of at least 4 members (excludes halogenated alkanes) is 18. The molecule has 10 nitrogen and oxygen atoms in total. The summed E-state index contributed by atoms with van der Waals surface area (Å²) in [5, 5.41) is 0. The van der Waals surface area contributed by atoms with Crippen molar-refractivity contribution in [1.82, 2.24) is 0 Å². The molecular formula is C50H64F2O10. The lowest BCUT2D eigenvalue weighted by Gasteiger charge is -2.11. The summed E-state index contributed by atoms with van der Waals surface area (Å²) in [6.45, 7) is 8.73. The second-order valence-electron chi connectivity index (χ2n) is 15.1. The predicted octanol–water partition coefficient (Wildman–Crippen LogP) is 12.4. The Bertz CT molecular complexity index is 1770. The molecule has 0 fully saturated rings. The molecule has 0 N–H and O–H groups in total.